The number of anilines is 2. The molecule has 31 heavy (non-hydrogen) atoms. The average Bonchev–Trinajstić information content (AvgIpc) is 2.82. The monoisotopic (exact) mass is 419 g/mol. The van der Waals surface area contributed by atoms with Gasteiger partial charge < -0.3 is 9.80 Å². The predicted octanol–water partition coefficient (Wildman–Crippen LogP) is 3.32. The van der Waals surface area contributed by atoms with E-state index in [0.29, 0.717) is 5.39 Å². The topological polar surface area (TPSA) is 82.8 Å². The summed E-state index contributed by atoms with van der Waals surface area (Å²) in [5.41, 5.74) is 1.90. The van der Waals surface area contributed by atoms with E-state index in [0.717, 1.165) is 42.9 Å². The number of pyridine rings is 1. The maximum absolute atomic E-state index is 13.0. The van der Waals surface area contributed by atoms with Crippen LogP contribution in [0, 0.1) is 10.1 Å². The Morgan fingerprint density at radius 1 is 1.06 bits per heavy atom. The van der Waals surface area contributed by atoms with Crippen LogP contribution < -0.4 is 9.80 Å². The first-order valence-electron chi connectivity index (χ1n) is 10.3. The minimum atomic E-state index is -0.373. The van der Waals surface area contributed by atoms with Crippen molar-refractivity contribution in [3.63, 3.8) is 0 Å². The van der Waals surface area contributed by atoms with E-state index < -0.39 is 0 Å². The van der Waals surface area contributed by atoms with Gasteiger partial charge in [-0.1, -0.05) is 18.2 Å². The van der Waals surface area contributed by atoms with Gasteiger partial charge in [-0.05, 0) is 31.2 Å². The van der Waals surface area contributed by atoms with Gasteiger partial charge in [0.1, 0.15) is 0 Å². The van der Waals surface area contributed by atoms with Crippen molar-refractivity contribution in [1.82, 2.24) is 9.88 Å². The Hall–Kier alpha value is -3.52. The average molecular weight is 419 g/mol. The van der Waals surface area contributed by atoms with Crippen molar-refractivity contribution in [1.29, 1.82) is 0 Å². The lowest BCUT2D eigenvalue weighted by molar-refractivity contribution is -0.383. The van der Waals surface area contributed by atoms with E-state index in [1.54, 1.807) is 23.4 Å². The quantitative estimate of drug-likeness (QED) is 0.466. The van der Waals surface area contributed by atoms with Crippen molar-refractivity contribution in [2.45, 2.75) is 13.0 Å². The SMILES string of the molecule is CC(C(=O)N(C)c1ccccc1)N1CCN(c2ccc([N+](=O)[O-])c3cnccc23)CC1. The van der Waals surface area contributed by atoms with E-state index >= 15 is 0 Å². The fourth-order valence-electron chi connectivity index (χ4n) is 4.16. The van der Waals surface area contributed by atoms with Gasteiger partial charge in [0.15, 0.2) is 0 Å². The molecule has 1 unspecified atom stereocenters. The number of hydrogen-bond donors (Lipinski definition) is 0. The third-order valence-corrected chi connectivity index (χ3v) is 6.00. The number of fused-ring (bicyclic) bond motifs is 1. The number of para-hydroxylation sites is 1. The van der Waals surface area contributed by atoms with E-state index in [4.69, 9.17) is 0 Å². The maximum Gasteiger partial charge on any atom is 0.278 e. The number of hydrogen-bond acceptors (Lipinski definition) is 6. The highest BCUT2D eigenvalue weighted by atomic mass is 16.6. The first-order chi connectivity index (χ1) is 15.0. The summed E-state index contributed by atoms with van der Waals surface area (Å²) in [6.45, 7) is 4.90. The van der Waals surface area contributed by atoms with Crippen LogP contribution in [0.25, 0.3) is 10.8 Å². The number of piperazine rings is 1. The zero-order valence-corrected chi connectivity index (χ0v) is 17.6. The Balaban J connectivity index is 1.47. The molecule has 1 atom stereocenters. The summed E-state index contributed by atoms with van der Waals surface area (Å²) in [6, 6.07) is 14.6. The molecule has 3 aromatic rings. The van der Waals surface area contributed by atoms with Crippen molar-refractivity contribution >= 4 is 33.7 Å². The fourth-order valence-corrected chi connectivity index (χ4v) is 4.16. The molecule has 1 aromatic heterocycles. The van der Waals surface area contributed by atoms with Crippen molar-refractivity contribution in [2.75, 3.05) is 43.0 Å². The molecule has 0 bridgehead atoms. The summed E-state index contributed by atoms with van der Waals surface area (Å²) in [5.74, 6) is 0.0616. The molecule has 2 aromatic carbocycles. The number of amides is 1. The Kier molecular flexibility index (Phi) is 5.81. The number of rotatable bonds is 5. The third-order valence-electron chi connectivity index (χ3n) is 6.00. The number of nitro groups is 1. The van der Waals surface area contributed by atoms with Gasteiger partial charge in [-0.15, -0.1) is 0 Å². The first-order valence-corrected chi connectivity index (χ1v) is 10.3. The summed E-state index contributed by atoms with van der Waals surface area (Å²) < 4.78 is 0. The van der Waals surface area contributed by atoms with Crippen molar-refractivity contribution in [2.24, 2.45) is 0 Å². The smallest absolute Gasteiger partial charge is 0.278 e. The molecular weight excluding hydrogens is 394 g/mol. The summed E-state index contributed by atoms with van der Waals surface area (Å²) in [4.78, 5) is 34.1. The first kappa shape index (κ1) is 20.7. The minimum absolute atomic E-state index is 0.0616. The van der Waals surface area contributed by atoms with Crippen LogP contribution in [0.2, 0.25) is 0 Å². The molecule has 1 amide bonds. The van der Waals surface area contributed by atoms with E-state index in [-0.39, 0.29) is 22.6 Å². The van der Waals surface area contributed by atoms with Crippen LogP contribution in [0.5, 0.6) is 0 Å². The number of nitrogens with zero attached hydrogens (tertiary/aromatic N) is 5. The van der Waals surface area contributed by atoms with Crippen molar-refractivity contribution in [3.8, 4) is 0 Å². The number of likely N-dealkylation sites (N-methyl/N-ethyl adjacent to an activating group) is 1. The summed E-state index contributed by atoms with van der Waals surface area (Å²) >= 11 is 0. The molecule has 1 aliphatic rings. The number of aromatic nitrogens is 1. The number of carbonyl (C=O) groups is 1. The van der Waals surface area contributed by atoms with Gasteiger partial charge >= 0.3 is 0 Å². The molecule has 0 saturated carbocycles. The highest BCUT2D eigenvalue weighted by Crippen LogP contribution is 2.33. The Morgan fingerprint density at radius 2 is 1.77 bits per heavy atom. The Bertz CT molecular complexity index is 1100. The summed E-state index contributed by atoms with van der Waals surface area (Å²) in [6.07, 6.45) is 3.21. The van der Waals surface area contributed by atoms with E-state index in [1.807, 2.05) is 56.4 Å². The molecule has 4 rings (SSSR count). The van der Waals surface area contributed by atoms with Crippen LogP contribution >= 0.6 is 0 Å². The highest BCUT2D eigenvalue weighted by Gasteiger charge is 2.29. The number of benzene rings is 2. The molecule has 0 aliphatic carbocycles. The Labute approximate surface area is 180 Å². The zero-order chi connectivity index (χ0) is 22.0. The van der Waals surface area contributed by atoms with Gasteiger partial charge in [0, 0.05) is 68.4 Å². The minimum Gasteiger partial charge on any atom is -0.368 e. The molecule has 1 fully saturated rings. The van der Waals surface area contributed by atoms with Crippen LogP contribution in [0.3, 0.4) is 0 Å². The van der Waals surface area contributed by atoms with E-state index in [9.17, 15) is 14.9 Å². The molecule has 0 radical (unpaired) electrons. The molecule has 1 saturated heterocycles. The molecule has 8 nitrogen and oxygen atoms in total. The molecule has 1 aliphatic heterocycles. The van der Waals surface area contributed by atoms with E-state index in [1.165, 1.54) is 0 Å². The standard InChI is InChI=1S/C23H25N5O3/c1-17(23(29)25(2)18-6-4-3-5-7-18)26-12-14-27(15-13-26)21-8-9-22(28(30)31)20-16-24-11-10-19(20)21/h3-11,16-17H,12-15H2,1-2H3. The molecular formula is C23H25N5O3. The van der Waals surface area contributed by atoms with Crippen LogP contribution in [-0.4, -0.2) is 60.0 Å². The molecule has 2 heterocycles. The van der Waals surface area contributed by atoms with Gasteiger partial charge in [0.25, 0.3) is 5.69 Å². The third kappa shape index (κ3) is 4.06. The normalized spacial score (nSPS) is 15.6. The van der Waals surface area contributed by atoms with Gasteiger partial charge in [0.2, 0.25) is 5.91 Å². The van der Waals surface area contributed by atoms with Gasteiger partial charge in [0.05, 0.1) is 16.4 Å². The van der Waals surface area contributed by atoms with Crippen LogP contribution in [0.15, 0.2) is 60.9 Å². The van der Waals surface area contributed by atoms with Gasteiger partial charge in [-0.25, -0.2) is 0 Å². The van der Waals surface area contributed by atoms with Gasteiger partial charge in [-0.3, -0.25) is 24.8 Å². The number of carbonyl (C=O) groups excluding carboxylic acids is 1. The maximum atomic E-state index is 13.0. The Morgan fingerprint density at radius 3 is 2.45 bits per heavy atom. The molecule has 0 spiro atoms. The van der Waals surface area contributed by atoms with Crippen LogP contribution in [-0.2, 0) is 4.79 Å². The lowest BCUT2D eigenvalue weighted by Gasteiger charge is -2.39. The predicted molar refractivity (Wildman–Crippen MR) is 121 cm³/mol. The van der Waals surface area contributed by atoms with Crippen LogP contribution in [0.1, 0.15) is 6.92 Å². The van der Waals surface area contributed by atoms with Crippen molar-refractivity contribution in [3.05, 3.63) is 71.0 Å². The number of non-ortho nitro benzene ring substituents is 1. The van der Waals surface area contributed by atoms with Crippen LogP contribution in [0.4, 0.5) is 17.1 Å². The van der Waals surface area contributed by atoms with Crippen molar-refractivity contribution < 1.29 is 9.72 Å². The summed E-state index contributed by atoms with van der Waals surface area (Å²) in [5, 5.41) is 12.7. The van der Waals surface area contributed by atoms with Gasteiger partial charge in [-0.2, -0.15) is 0 Å². The second kappa shape index (κ2) is 8.69. The second-order valence-electron chi connectivity index (χ2n) is 7.71. The zero-order valence-electron chi connectivity index (χ0n) is 17.6. The molecule has 0 N–H and O–H groups in total. The summed E-state index contributed by atoms with van der Waals surface area (Å²) in [7, 11) is 1.81. The van der Waals surface area contributed by atoms with E-state index in [2.05, 4.69) is 14.8 Å². The lowest BCUT2D eigenvalue weighted by atomic mass is 10.1. The highest BCUT2D eigenvalue weighted by molar-refractivity contribution is 5.99. The lowest BCUT2D eigenvalue weighted by Crippen LogP contribution is -2.54. The fraction of sp³-hybridized carbons (Fsp3) is 0.304. The largest absolute Gasteiger partial charge is 0.368 e. The molecule has 8 heteroatoms. The number of nitro benzene ring substituents is 1. The second-order valence-corrected chi connectivity index (χ2v) is 7.71. The molecule has 160 valence electrons.